The molecule has 0 spiro atoms. The zero-order valence-electron chi connectivity index (χ0n) is 17.5. The van der Waals surface area contributed by atoms with Crippen LogP contribution in [-0.2, 0) is 21.2 Å². The maximum atomic E-state index is 13.3. The Kier molecular flexibility index (Phi) is 6.32. The fraction of sp³-hybridized carbons (Fsp3) is 0.435. The lowest BCUT2D eigenvalue weighted by atomic mass is 10.1. The van der Waals surface area contributed by atoms with Gasteiger partial charge in [-0.05, 0) is 62.9 Å². The normalized spacial score (nSPS) is 19.0. The lowest BCUT2D eigenvalue weighted by Gasteiger charge is -2.31. The molecule has 2 unspecified atom stereocenters. The molecule has 1 amide bonds. The number of carbonyl (C=O) groups excluding carboxylic acids is 1. The molecule has 156 valence electrons. The molecule has 6 heteroatoms. The van der Waals surface area contributed by atoms with Crippen molar-refractivity contribution < 1.29 is 17.9 Å². The first-order valence-corrected chi connectivity index (χ1v) is 11.8. The lowest BCUT2D eigenvalue weighted by Crippen LogP contribution is -2.46. The number of benzene rings is 2. The Labute approximate surface area is 173 Å². The third-order valence-corrected chi connectivity index (χ3v) is 7.30. The van der Waals surface area contributed by atoms with Gasteiger partial charge in [-0.25, -0.2) is 8.42 Å². The largest absolute Gasteiger partial charge is 0.481 e. The standard InChI is InChI=1S/C23H29NO4S/c1-16-5-8-20(9-6-16)14-24(21-11-12-29(26,27)15-21)23(25)19(4)28-22-10-7-17(2)18(3)13-22/h5-10,13,19,21H,11-12,14-15H2,1-4H3. The van der Waals surface area contributed by atoms with E-state index in [1.165, 1.54) is 0 Å². The maximum Gasteiger partial charge on any atom is 0.263 e. The maximum absolute atomic E-state index is 13.3. The van der Waals surface area contributed by atoms with E-state index in [-0.39, 0.29) is 23.5 Å². The van der Waals surface area contributed by atoms with Crippen molar-refractivity contribution in [1.29, 1.82) is 0 Å². The summed E-state index contributed by atoms with van der Waals surface area (Å²) in [5.74, 6) is 0.595. The molecule has 0 radical (unpaired) electrons. The van der Waals surface area contributed by atoms with Crippen LogP contribution in [0.2, 0.25) is 0 Å². The van der Waals surface area contributed by atoms with Crippen LogP contribution in [0.1, 0.15) is 35.6 Å². The van der Waals surface area contributed by atoms with E-state index < -0.39 is 15.9 Å². The van der Waals surface area contributed by atoms with Crippen molar-refractivity contribution in [3.05, 3.63) is 64.7 Å². The van der Waals surface area contributed by atoms with E-state index in [9.17, 15) is 13.2 Å². The fourth-order valence-corrected chi connectivity index (χ4v) is 5.30. The summed E-state index contributed by atoms with van der Waals surface area (Å²) in [6, 6.07) is 13.4. The molecule has 0 aliphatic carbocycles. The minimum Gasteiger partial charge on any atom is -0.481 e. The zero-order chi connectivity index (χ0) is 21.2. The summed E-state index contributed by atoms with van der Waals surface area (Å²) < 4.78 is 30.0. The van der Waals surface area contributed by atoms with Crippen LogP contribution in [0.4, 0.5) is 0 Å². The van der Waals surface area contributed by atoms with E-state index in [1.807, 2.05) is 63.2 Å². The summed E-state index contributed by atoms with van der Waals surface area (Å²) in [6.45, 7) is 8.14. The molecule has 2 atom stereocenters. The van der Waals surface area contributed by atoms with Crippen LogP contribution in [0.3, 0.4) is 0 Å². The molecule has 0 saturated carbocycles. The second-order valence-electron chi connectivity index (χ2n) is 8.01. The number of carbonyl (C=O) groups is 1. The minimum atomic E-state index is -3.10. The van der Waals surface area contributed by atoms with Gasteiger partial charge in [-0.2, -0.15) is 0 Å². The molecule has 0 aromatic heterocycles. The zero-order valence-corrected chi connectivity index (χ0v) is 18.3. The predicted octanol–water partition coefficient (Wildman–Crippen LogP) is 3.60. The molecule has 1 saturated heterocycles. The van der Waals surface area contributed by atoms with Gasteiger partial charge >= 0.3 is 0 Å². The highest BCUT2D eigenvalue weighted by Gasteiger charge is 2.36. The van der Waals surface area contributed by atoms with Crippen molar-refractivity contribution >= 4 is 15.7 Å². The number of hydrogen-bond acceptors (Lipinski definition) is 4. The summed E-state index contributed by atoms with van der Waals surface area (Å²) in [7, 11) is -3.10. The van der Waals surface area contributed by atoms with Crippen molar-refractivity contribution in [1.82, 2.24) is 4.90 Å². The molecular weight excluding hydrogens is 386 g/mol. The molecule has 1 aliphatic heterocycles. The Morgan fingerprint density at radius 2 is 1.79 bits per heavy atom. The van der Waals surface area contributed by atoms with Crippen LogP contribution in [0.25, 0.3) is 0 Å². The Hall–Kier alpha value is -2.34. The molecule has 1 aliphatic rings. The van der Waals surface area contributed by atoms with Crippen LogP contribution in [-0.4, -0.2) is 42.9 Å². The third-order valence-electron chi connectivity index (χ3n) is 5.54. The Morgan fingerprint density at radius 3 is 2.38 bits per heavy atom. The first-order chi connectivity index (χ1) is 13.6. The van der Waals surface area contributed by atoms with E-state index >= 15 is 0 Å². The number of hydrogen-bond donors (Lipinski definition) is 0. The van der Waals surface area contributed by atoms with Gasteiger partial charge < -0.3 is 9.64 Å². The van der Waals surface area contributed by atoms with Crippen LogP contribution in [0, 0.1) is 20.8 Å². The molecule has 2 aromatic carbocycles. The van der Waals surface area contributed by atoms with E-state index in [0.717, 1.165) is 22.3 Å². The summed E-state index contributed by atoms with van der Waals surface area (Å²) in [6.07, 6.45) is -0.234. The van der Waals surface area contributed by atoms with Gasteiger partial charge in [-0.3, -0.25) is 4.79 Å². The van der Waals surface area contributed by atoms with Gasteiger partial charge in [0.05, 0.1) is 11.5 Å². The number of ether oxygens (including phenoxy) is 1. The summed E-state index contributed by atoms with van der Waals surface area (Å²) in [5.41, 5.74) is 4.38. The molecule has 5 nitrogen and oxygen atoms in total. The minimum absolute atomic E-state index is 0.0148. The Morgan fingerprint density at radius 1 is 1.10 bits per heavy atom. The summed E-state index contributed by atoms with van der Waals surface area (Å²) in [5, 5.41) is 0. The highest BCUT2D eigenvalue weighted by Crippen LogP contribution is 2.23. The van der Waals surface area contributed by atoms with Crippen molar-refractivity contribution in [2.75, 3.05) is 11.5 Å². The molecule has 0 N–H and O–H groups in total. The number of aryl methyl sites for hydroxylation is 3. The first kappa shape index (κ1) is 21.4. The van der Waals surface area contributed by atoms with Crippen LogP contribution in [0.5, 0.6) is 5.75 Å². The van der Waals surface area contributed by atoms with Gasteiger partial charge in [0.2, 0.25) is 0 Å². The Balaban J connectivity index is 1.80. The molecule has 3 rings (SSSR count). The topological polar surface area (TPSA) is 63.7 Å². The van der Waals surface area contributed by atoms with Crippen molar-refractivity contribution in [3.63, 3.8) is 0 Å². The number of sulfone groups is 1. The molecular formula is C23H29NO4S. The SMILES string of the molecule is Cc1ccc(CN(C(=O)C(C)Oc2ccc(C)c(C)c2)C2CCS(=O)(=O)C2)cc1. The molecule has 1 fully saturated rings. The number of rotatable bonds is 6. The monoisotopic (exact) mass is 415 g/mol. The van der Waals surface area contributed by atoms with E-state index in [4.69, 9.17) is 4.74 Å². The highest BCUT2D eigenvalue weighted by atomic mass is 32.2. The number of amides is 1. The van der Waals surface area contributed by atoms with E-state index in [1.54, 1.807) is 11.8 Å². The first-order valence-electron chi connectivity index (χ1n) is 9.95. The van der Waals surface area contributed by atoms with Crippen molar-refractivity contribution in [2.45, 2.75) is 52.8 Å². The fourth-order valence-electron chi connectivity index (χ4n) is 3.57. The second-order valence-corrected chi connectivity index (χ2v) is 10.2. The van der Waals surface area contributed by atoms with Gasteiger partial charge in [0.25, 0.3) is 5.91 Å². The smallest absolute Gasteiger partial charge is 0.263 e. The Bertz CT molecular complexity index is 982. The summed E-state index contributed by atoms with van der Waals surface area (Å²) in [4.78, 5) is 15.0. The van der Waals surface area contributed by atoms with E-state index in [2.05, 4.69) is 0 Å². The summed E-state index contributed by atoms with van der Waals surface area (Å²) >= 11 is 0. The average molecular weight is 416 g/mol. The molecule has 0 bridgehead atoms. The molecule has 29 heavy (non-hydrogen) atoms. The number of nitrogens with zero attached hydrogens (tertiary/aromatic N) is 1. The second kappa shape index (κ2) is 8.57. The van der Waals surface area contributed by atoms with E-state index in [0.29, 0.717) is 18.7 Å². The van der Waals surface area contributed by atoms with Crippen LogP contribution < -0.4 is 4.74 Å². The van der Waals surface area contributed by atoms with Crippen LogP contribution >= 0.6 is 0 Å². The third kappa shape index (κ3) is 5.38. The predicted molar refractivity (Wildman–Crippen MR) is 115 cm³/mol. The van der Waals surface area contributed by atoms with Crippen molar-refractivity contribution in [2.24, 2.45) is 0 Å². The van der Waals surface area contributed by atoms with Gasteiger partial charge in [0.15, 0.2) is 15.9 Å². The lowest BCUT2D eigenvalue weighted by molar-refractivity contribution is -0.140. The molecule has 1 heterocycles. The quantitative estimate of drug-likeness (QED) is 0.723. The average Bonchev–Trinajstić information content (AvgIpc) is 3.03. The van der Waals surface area contributed by atoms with Gasteiger partial charge in [0, 0.05) is 12.6 Å². The van der Waals surface area contributed by atoms with Gasteiger partial charge in [0.1, 0.15) is 5.75 Å². The molecule has 2 aromatic rings. The van der Waals surface area contributed by atoms with Crippen LogP contribution in [0.15, 0.2) is 42.5 Å². The van der Waals surface area contributed by atoms with Gasteiger partial charge in [-0.1, -0.05) is 35.9 Å². The van der Waals surface area contributed by atoms with Gasteiger partial charge in [-0.15, -0.1) is 0 Å². The van der Waals surface area contributed by atoms with Crippen molar-refractivity contribution in [3.8, 4) is 5.75 Å². The highest BCUT2D eigenvalue weighted by molar-refractivity contribution is 7.91.